The van der Waals surface area contributed by atoms with E-state index in [0.717, 1.165) is 0 Å². The topological polar surface area (TPSA) is 63.8 Å². The molecule has 1 aromatic rings. The van der Waals surface area contributed by atoms with Crippen molar-refractivity contribution < 1.29 is 0 Å². The van der Waals surface area contributed by atoms with Crippen molar-refractivity contribution in [2.24, 2.45) is 5.73 Å². The van der Waals surface area contributed by atoms with Crippen LogP contribution in [0.2, 0.25) is 0 Å². The fourth-order valence-corrected chi connectivity index (χ4v) is 0.938. The number of rotatable bonds is 1. The van der Waals surface area contributed by atoms with Crippen molar-refractivity contribution >= 4 is 39.1 Å². The molecule has 6 heteroatoms. The fraction of sp³-hybridized carbons (Fsp3) is 0. The zero-order valence-corrected chi connectivity index (χ0v) is 7.82. The number of aromatic nitrogens is 2. The number of nitrogens with zero attached hydrogens (tertiary/aromatic N) is 2. The first-order valence-corrected chi connectivity index (χ1v) is 3.93. The van der Waals surface area contributed by atoms with E-state index in [9.17, 15) is 0 Å². The Morgan fingerprint density at radius 3 is 2.73 bits per heavy atom. The third-order valence-electron chi connectivity index (χ3n) is 0.895. The average Bonchev–Trinajstić information content (AvgIpc) is 1.93. The highest BCUT2D eigenvalue weighted by Gasteiger charge is 1.99. The standard InChI is InChI=1S/C5H5BrN4S/c6-3-4(10-5(7)11)9-2-1-8-3/h1-2H,(H3,7,9,10,11). The lowest BCUT2D eigenvalue weighted by atomic mass is 10.6. The van der Waals surface area contributed by atoms with E-state index in [1.807, 2.05) is 0 Å². The molecule has 0 fully saturated rings. The van der Waals surface area contributed by atoms with Crippen molar-refractivity contribution in [3.63, 3.8) is 0 Å². The van der Waals surface area contributed by atoms with E-state index in [2.05, 4.69) is 43.4 Å². The first-order chi connectivity index (χ1) is 5.20. The molecule has 0 atom stereocenters. The Labute approximate surface area is 77.4 Å². The summed E-state index contributed by atoms with van der Waals surface area (Å²) in [6.07, 6.45) is 3.11. The molecule has 1 heterocycles. The number of halogens is 1. The van der Waals surface area contributed by atoms with Crippen molar-refractivity contribution in [2.45, 2.75) is 0 Å². The Kier molecular flexibility index (Phi) is 2.72. The van der Waals surface area contributed by atoms with E-state index in [-0.39, 0.29) is 5.11 Å². The van der Waals surface area contributed by atoms with Gasteiger partial charge in [0.2, 0.25) is 0 Å². The summed E-state index contributed by atoms with van der Waals surface area (Å²) in [5, 5.41) is 2.83. The van der Waals surface area contributed by atoms with E-state index >= 15 is 0 Å². The van der Waals surface area contributed by atoms with Crippen LogP contribution in [-0.2, 0) is 0 Å². The quantitative estimate of drug-likeness (QED) is 0.705. The van der Waals surface area contributed by atoms with Crippen molar-refractivity contribution in [3.05, 3.63) is 17.0 Å². The lowest BCUT2D eigenvalue weighted by Crippen LogP contribution is -2.20. The van der Waals surface area contributed by atoms with Gasteiger partial charge in [-0.15, -0.1) is 0 Å². The average molecular weight is 233 g/mol. The van der Waals surface area contributed by atoms with E-state index in [0.29, 0.717) is 10.4 Å². The summed E-state index contributed by atoms with van der Waals surface area (Å²) in [5.74, 6) is 0.528. The molecule has 1 rings (SSSR count). The summed E-state index contributed by atoms with van der Waals surface area (Å²) >= 11 is 7.79. The van der Waals surface area contributed by atoms with Crippen LogP contribution in [-0.4, -0.2) is 15.1 Å². The van der Waals surface area contributed by atoms with Crippen molar-refractivity contribution in [1.82, 2.24) is 9.97 Å². The second kappa shape index (κ2) is 3.59. The van der Waals surface area contributed by atoms with Crippen LogP contribution >= 0.6 is 28.1 Å². The Balaban J connectivity index is 2.86. The Morgan fingerprint density at radius 1 is 1.55 bits per heavy atom. The third-order valence-corrected chi connectivity index (χ3v) is 1.58. The lowest BCUT2D eigenvalue weighted by molar-refractivity contribution is 1.17. The third kappa shape index (κ3) is 2.39. The summed E-state index contributed by atoms with van der Waals surface area (Å²) in [5.41, 5.74) is 5.23. The molecule has 0 amide bonds. The van der Waals surface area contributed by atoms with Crippen molar-refractivity contribution in [1.29, 1.82) is 0 Å². The van der Waals surface area contributed by atoms with Crippen LogP contribution in [0.1, 0.15) is 0 Å². The predicted molar refractivity (Wildman–Crippen MR) is 50.1 cm³/mol. The van der Waals surface area contributed by atoms with Crippen LogP contribution in [0.5, 0.6) is 0 Å². The normalized spacial score (nSPS) is 9.18. The molecule has 0 radical (unpaired) electrons. The highest BCUT2D eigenvalue weighted by atomic mass is 79.9. The SMILES string of the molecule is NC(=S)Nc1nccnc1Br. The smallest absolute Gasteiger partial charge is 0.169 e. The highest BCUT2D eigenvalue weighted by Crippen LogP contribution is 2.14. The van der Waals surface area contributed by atoms with E-state index in [1.54, 1.807) is 12.4 Å². The molecule has 0 saturated heterocycles. The number of nitrogens with two attached hydrogens (primary N) is 1. The molecule has 0 unspecified atom stereocenters. The Morgan fingerprint density at radius 2 is 2.18 bits per heavy atom. The molecule has 1 aromatic heterocycles. The Bertz CT molecular complexity index is 277. The summed E-state index contributed by atoms with van der Waals surface area (Å²) in [7, 11) is 0. The number of nitrogens with one attached hydrogen (secondary N) is 1. The van der Waals surface area contributed by atoms with Gasteiger partial charge < -0.3 is 11.1 Å². The maximum absolute atomic E-state index is 5.23. The molecule has 0 spiro atoms. The van der Waals surface area contributed by atoms with E-state index in [4.69, 9.17) is 5.73 Å². The van der Waals surface area contributed by atoms with Gasteiger partial charge in [-0.2, -0.15) is 0 Å². The van der Waals surface area contributed by atoms with Crippen LogP contribution in [0.4, 0.5) is 5.82 Å². The molecule has 0 aromatic carbocycles. The fourth-order valence-electron chi connectivity index (χ4n) is 0.522. The molecule has 3 N–H and O–H groups in total. The summed E-state index contributed by atoms with van der Waals surface area (Å²) in [4.78, 5) is 7.84. The second-order valence-corrected chi connectivity index (χ2v) is 2.88. The van der Waals surface area contributed by atoms with E-state index < -0.39 is 0 Å². The molecular weight excluding hydrogens is 228 g/mol. The van der Waals surface area contributed by atoms with Gasteiger partial charge in [-0.05, 0) is 28.1 Å². The molecular formula is C5H5BrN4S. The molecule has 0 aliphatic carbocycles. The lowest BCUT2D eigenvalue weighted by Gasteiger charge is -2.02. The van der Waals surface area contributed by atoms with Crippen LogP contribution in [0.25, 0.3) is 0 Å². The zero-order valence-electron chi connectivity index (χ0n) is 5.41. The van der Waals surface area contributed by atoms with E-state index in [1.165, 1.54) is 0 Å². The minimum absolute atomic E-state index is 0.172. The monoisotopic (exact) mass is 232 g/mol. The number of hydrogen-bond acceptors (Lipinski definition) is 3. The second-order valence-electron chi connectivity index (χ2n) is 1.69. The van der Waals surface area contributed by atoms with Crippen LogP contribution < -0.4 is 11.1 Å². The largest absolute Gasteiger partial charge is 0.376 e. The number of hydrogen-bond donors (Lipinski definition) is 2. The molecule has 0 bridgehead atoms. The van der Waals surface area contributed by atoms with Gasteiger partial charge in [0.25, 0.3) is 0 Å². The molecule has 58 valence electrons. The van der Waals surface area contributed by atoms with Gasteiger partial charge in [-0.3, -0.25) is 0 Å². The Hall–Kier alpha value is -0.750. The minimum atomic E-state index is 0.172. The van der Waals surface area contributed by atoms with Gasteiger partial charge >= 0.3 is 0 Å². The maximum atomic E-state index is 5.23. The van der Waals surface area contributed by atoms with Gasteiger partial charge in [-0.25, -0.2) is 9.97 Å². The van der Waals surface area contributed by atoms with Crippen molar-refractivity contribution in [3.8, 4) is 0 Å². The minimum Gasteiger partial charge on any atom is -0.376 e. The predicted octanol–water partition coefficient (Wildman–Crippen LogP) is 0.895. The highest BCUT2D eigenvalue weighted by molar-refractivity contribution is 9.10. The summed E-state index contributed by atoms with van der Waals surface area (Å²) < 4.78 is 0.591. The van der Waals surface area contributed by atoms with Crippen molar-refractivity contribution in [2.75, 3.05) is 5.32 Å². The van der Waals surface area contributed by atoms with Gasteiger partial charge in [0.15, 0.2) is 10.9 Å². The van der Waals surface area contributed by atoms with Crippen LogP contribution in [0.3, 0.4) is 0 Å². The van der Waals surface area contributed by atoms with Gasteiger partial charge in [-0.1, -0.05) is 0 Å². The molecule has 0 aliphatic heterocycles. The van der Waals surface area contributed by atoms with Gasteiger partial charge in [0, 0.05) is 12.4 Å². The molecule has 0 saturated carbocycles. The molecule has 0 aliphatic rings. The first kappa shape index (κ1) is 8.35. The molecule has 4 nitrogen and oxygen atoms in total. The number of thiocarbonyl (C=S) groups is 1. The van der Waals surface area contributed by atoms with Gasteiger partial charge in [0.1, 0.15) is 4.60 Å². The van der Waals surface area contributed by atoms with Gasteiger partial charge in [0.05, 0.1) is 0 Å². The maximum Gasteiger partial charge on any atom is 0.169 e. The molecule has 11 heavy (non-hydrogen) atoms. The van der Waals surface area contributed by atoms with Crippen LogP contribution in [0.15, 0.2) is 17.0 Å². The summed E-state index contributed by atoms with van der Waals surface area (Å²) in [6, 6.07) is 0. The summed E-state index contributed by atoms with van der Waals surface area (Å²) in [6.45, 7) is 0. The first-order valence-electron chi connectivity index (χ1n) is 2.73. The van der Waals surface area contributed by atoms with Crippen LogP contribution in [0, 0.1) is 0 Å². The zero-order chi connectivity index (χ0) is 8.27. The number of anilines is 1.